The van der Waals surface area contributed by atoms with Gasteiger partial charge in [0.05, 0.1) is 6.42 Å². The molecule has 1 aromatic rings. The molecule has 1 N–H and O–H groups in total. The largest absolute Gasteiger partial charge is 0.342 e. The molecule has 19 heavy (non-hydrogen) atoms. The van der Waals surface area contributed by atoms with Crippen LogP contribution in [0.4, 0.5) is 4.39 Å². The van der Waals surface area contributed by atoms with Crippen molar-refractivity contribution >= 4 is 5.91 Å². The Bertz CT molecular complexity index is 460. The summed E-state index contributed by atoms with van der Waals surface area (Å²) in [7, 11) is 0. The van der Waals surface area contributed by atoms with Crippen LogP contribution < -0.4 is 5.32 Å². The maximum atomic E-state index is 12.8. The van der Waals surface area contributed by atoms with Gasteiger partial charge in [0, 0.05) is 19.1 Å². The second-order valence-electron chi connectivity index (χ2n) is 5.54. The van der Waals surface area contributed by atoms with E-state index in [0.29, 0.717) is 18.4 Å². The van der Waals surface area contributed by atoms with Crippen molar-refractivity contribution < 1.29 is 9.18 Å². The molecule has 4 heteroatoms. The first kappa shape index (κ1) is 12.6. The van der Waals surface area contributed by atoms with Crippen molar-refractivity contribution in [3.05, 3.63) is 35.6 Å². The first-order chi connectivity index (χ1) is 9.22. The smallest absolute Gasteiger partial charge is 0.227 e. The summed E-state index contributed by atoms with van der Waals surface area (Å²) in [4.78, 5) is 14.2. The van der Waals surface area contributed by atoms with Gasteiger partial charge in [-0.15, -0.1) is 0 Å². The molecule has 0 aromatic heterocycles. The number of likely N-dealkylation sites (tertiary alicyclic amines) is 1. The molecule has 2 fully saturated rings. The number of amides is 1. The fourth-order valence-corrected chi connectivity index (χ4v) is 3.16. The highest BCUT2D eigenvalue weighted by Crippen LogP contribution is 2.24. The standard InChI is InChI=1S/C15H19FN2O/c16-13-3-1-11(2-4-13)9-15(19)18-8-6-14-12(10-18)5-7-17-14/h1-4,12,14,17H,5-10H2. The lowest BCUT2D eigenvalue weighted by Gasteiger charge is -2.35. The molecule has 1 amide bonds. The lowest BCUT2D eigenvalue weighted by atomic mass is 9.93. The van der Waals surface area contributed by atoms with Crippen LogP contribution in [0, 0.1) is 11.7 Å². The van der Waals surface area contributed by atoms with Gasteiger partial charge in [0.25, 0.3) is 0 Å². The van der Waals surface area contributed by atoms with Crippen molar-refractivity contribution in [2.45, 2.75) is 25.3 Å². The first-order valence-electron chi connectivity index (χ1n) is 6.98. The number of piperidine rings is 1. The van der Waals surface area contributed by atoms with Gasteiger partial charge in [-0.25, -0.2) is 4.39 Å². The summed E-state index contributed by atoms with van der Waals surface area (Å²) in [5, 5.41) is 3.49. The highest BCUT2D eigenvalue weighted by Gasteiger charge is 2.34. The van der Waals surface area contributed by atoms with Gasteiger partial charge in [-0.1, -0.05) is 12.1 Å². The fraction of sp³-hybridized carbons (Fsp3) is 0.533. The molecule has 0 saturated carbocycles. The Hall–Kier alpha value is -1.42. The lowest BCUT2D eigenvalue weighted by Crippen LogP contribution is -2.47. The summed E-state index contributed by atoms with van der Waals surface area (Å²) in [6.07, 6.45) is 2.61. The quantitative estimate of drug-likeness (QED) is 0.877. The van der Waals surface area contributed by atoms with E-state index in [1.54, 1.807) is 12.1 Å². The van der Waals surface area contributed by atoms with E-state index in [0.717, 1.165) is 31.6 Å². The molecule has 2 aliphatic rings. The van der Waals surface area contributed by atoms with Crippen LogP contribution in [0.3, 0.4) is 0 Å². The first-order valence-corrected chi connectivity index (χ1v) is 6.98. The van der Waals surface area contributed by atoms with Gasteiger partial charge >= 0.3 is 0 Å². The van der Waals surface area contributed by atoms with Crippen LogP contribution in [-0.2, 0) is 11.2 Å². The topological polar surface area (TPSA) is 32.3 Å². The normalized spacial score (nSPS) is 26.3. The highest BCUT2D eigenvalue weighted by atomic mass is 19.1. The molecule has 2 unspecified atom stereocenters. The van der Waals surface area contributed by atoms with E-state index < -0.39 is 0 Å². The zero-order chi connectivity index (χ0) is 13.2. The molecule has 0 aliphatic carbocycles. The fourth-order valence-electron chi connectivity index (χ4n) is 3.16. The van der Waals surface area contributed by atoms with E-state index in [2.05, 4.69) is 5.32 Å². The molecule has 1 aromatic carbocycles. The molecule has 2 aliphatic heterocycles. The van der Waals surface area contributed by atoms with Crippen LogP contribution in [-0.4, -0.2) is 36.5 Å². The summed E-state index contributed by atoms with van der Waals surface area (Å²) in [5.41, 5.74) is 0.887. The second-order valence-corrected chi connectivity index (χ2v) is 5.54. The van der Waals surface area contributed by atoms with Gasteiger partial charge in [0.15, 0.2) is 0 Å². The lowest BCUT2D eigenvalue weighted by molar-refractivity contribution is -0.132. The Morgan fingerprint density at radius 2 is 2.11 bits per heavy atom. The zero-order valence-corrected chi connectivity index (χ0v) is 10.9. The number of nitrogens with zero attached hydrogens (tertiary/aromatic N) is 1. The van der Waals surface area contributed by atoms with Crippen LogP contribution in [0.1, 0.15) is 18.4 Å². The average Bonchev–Trinajstić information content (AvgIpc) is 2.88. The number of hydrogen-bond donors (Lipinski definition) is 1. The number of hydrogen-bond acceptors (Lipinski definition) is 2. The minimum Gasteiger partial charge on any atom is -0.342 e. The molecule has 0 bridgehead atoms. The monoisotopic (exact) mass is 262 g/mol. The third-order valence-corrected chi connectivity index (χ3v) is 4.28. The number of fused-ring (bicyclic) bond motifs is 1. The van der Waals surface area contributed by atoms with E-state index in [1.807, 2.05) is 4.90 Å². The van der Waals surface area contributed by atoms with Crippen LogP contribution in [0.15, 0.2) is 24.3 Å². The summed E-state index contributed by atoms with van der Waals surface area (Å²) in [6, 6.07) is 6.81. The predicted molar refractivity (Wildman–Crippen MR) is 71.2 cm³/mol. The van der Waals surface area contributed by atoms with Gasteiger partial charge in [-0.3, -0.25) is 4.79 Å². The Morgan fingerprint density at radius 1 is 1.32 bits per heavy atom. The molecule has 3 nitrogen and oxygen atoms in total. The summed E-state index contributed by atoms with van der Waals surface area (Å²) >= 11 is 0. The van der Waals surface area contributed by atoms with Gasteiger partial charge in [-0.05, 0) is 43.0 Å². The van der Waals surface area contributed by atoms with E-state index in [4.69, 9.17) is 0 Å². The molecule has 3 rings (SSSR count). The molecule has 2 atom stereocenters. The summed E-state index contributed by atoms with van der Waals surface area (Å²) < 4.78 is 12.8. The van der Waals surface area contributed by atoms with Gasteiger partial charge in [0.1, 0.15) is 5.82 Å². The van der Waals surface area contributed by atoms with Crippen molar-refractivity contribution in [1.29, 1.82) is 0 Å². The SMILES string of the molecule is O=C(Cc1ccc(F)cc1)N1CCC2NCCC2C1. The number of halogens is 1. The summed E-state index contributed by atoms with van der Waals surface area (Å²) in [5.74, 6) is 0.525. The van der Waals surface area contributed by atoms with Crippen LogP contribution in [0.2, 0.25) is 0 Å². The Labute approximate surface area is 112 Å². The summed E-state index contributed by atoms with van der Waals surface area (Å²) in [6.45, 7) is 2.79. The maximum Gasteiger partial charge on any atom is 0.227 e. The van der Waals surface area contributed by atoms with Gasteiger partial charge in [-0.2, -0.15) is 0 Å². The van der Waals surface area contributed by atoms with Crippen LogP contribution in [0.5, 0.6) is 0 Å². The molecule has 0 radical (unpaired) electrons. The Morgan fingerprint density at radius 3 is 2.89 bits per heavy atom. The van der Waals surface area contributed by atoms with Gasteiger partial charge < -0.3 is 10.2 Å². The molecule has 2 saturated heterocycles. The number of carbonyl (C=O) groups is 1. The average molecular weight is 262 g/mol. The minimum absolute atomic E-state index is 0.164. The Kier molecular flexibility index (Phi) is 3.51. The molecular formula is C15H19FN2O. The zero-order valence-electron chi connectivity index (χ0n) is 10.9. The highest BCUT2D eigenvalue weighted by molar-refractivity contribution is 5.78. The van der Waals surface area contributed by atoms with Crippen molar-refractivity contribution in [1.82, 2.24) is 10.2 Å². The maximum absolute atomic E-state index is 12.8. The number of rotatable bonds is 2. The Balaban J connectivity index is 1.59. The van der Waals surface area contributed by atoms with Crippen molar-refractivity contribution in [2.75, 3.05) is 19.6 Å². The van der Waals surface area contributed by atoms with Crippen molar-refractivity contribution in [3.8, 4) is 0 Å². The minimum atomic E-state index is -0.256. The molecule has 2 heterocycles. The predicted octanol–water partition coefficient (Wildman–Crippen LogP) is 1.58. The number of carbonyl (C=O) groups excluding carboxylic acids is 1. The van der Waals surface area contributed by atoms with E-state index in [9.17, 15) is 9.18 Å². The third kappa shape index (κ3) is 2.78. The molecular weight excluding hydrogens is 243 g/mol. The molecule has 0 spiro atoms. The van der Waals surface area contributed by atoms with Crippen LogP contribution >= 0.6 is 0 Å². The van der Waals surface area contributed by atoms with Crippen LogP contribution in [0.25, 0.3) is 0 Å². The van der Waals surface area contributed by atoms with E-state index in [1.165, 1.54) is 18.6 Å². The van der Waals surface area contributed by atoms with Crippen molar-refractivity contribution in [3.63, 3.8) is 0 Å². The van der Waals surface area contributed by atoms with E-state index in [-0.39, 0.29) is 11.7 Å². The van der Waals surface area contributed by atoms with Crippen molar-refractivity contribution in [2.24, 2.45) is 5.92 Å². The van der Waals surface area contributed by atoms with E-state index >= 15 is 0 Å². The molecule has 102 valence electrons. The third-order valence-electron chi connectivity index (χ3n) is 4.28. The number of benzene rings is 1. The van der Waals surface area contributed by atoms with Gasteiger partial charge in [0.2, 0.25) is 5.91 Å². The second kappa shape index (κ2) is 5.29. The number of nitrogens with one attached hydrogen (secondary N) is 1.